The third kappa shape index (κ3) is 3.26. The number of amides is 1. The molecule has 5 heteroatoms. The van der Waals surface area contributed by atoms with Crippen molar-refractivity contribution in [3.05, 3.63) is 60.2 Å². The lowest BCUT2D eigenvalue weighted by molar-refractivity contribution is 0.0679. The van der Waals surface area contributed by atoms with Crippen LogP contribution in [0.15, 0.2) is 54.6 Å². The number of methoxy groups -OCH3 is 1. The average Bonchev–Trinajstić information content (AvgIpc) is 3.21. The Bertz CT molecular complexity index is 969. The summed E-state index contributed by atoms with van der Waals surface area (Å²) in [6.07, 6.45) is 1.77. The fourth-order valence-electron chi connectivity index (χ4n) is 3.71. The number of aliphatic hydroxyl groups is 1. The van der Waals surface area contributed by atoms with E-state index in [1.165, 1.54) is 0 Å². The number of hydrogen-bond donors (Lipinski definition) is 1. The maximum Gasteiger partial charge on any atom is 0.254 e. The number of para-hydroxylation sites is 1. The predicted molar refractivity (Wildman–Crippen MR) is 105 cm³/mol. The minimum absolute atomic E-state index is 0.0000924. The van der Waals surface area contributed by atoms with Crippen LogP contribution in [0.3, 0.4) is 0 Å². The summed E-state index contributed by atoms with van der Waals surface area (Å²) in [6.45, 7) is 0.679. The highest BCUT2D eigenvalue weighted by Crippen LogP contribution is 2.29. The van der Waals surface area contributed by atoms with Crippen LogP contribution in [0.25, 0.3) is 22.2 Å². The van der Waals surface area contributed by atoms with Gasteiger partial charge in [-0.3, -0.25) is 4.79 Å². The molecule has 1 atom stereocenters. The summed E-state index contributed by atoms with van der Waals surface area (Å²) in [5.74, 6) is 0.735. The number of pyridine rings is 1. The van der Waals surface area contributed by atoms with Crippen LogP contribution >= 0.6 is 0 Å². The number of rotatable bonds is 4. The van der Waals surface area contributed by atoms with Crippen LogP contribution in [-0.4, -0.2) is 47.2 Å². The molecule has 4 rings (SSSR count). The van der Waals surface area contributed by atoms with Gasteiger partial charge in [-0.05, 0) is 49.2 Å². The number of fused-ring (bicyclic) bond motifs is 1. The number of benzene rings is 2. The molecule has 1 N–H and O–H groups in total. The molecule has 138 valence electrons. The minimum atomic E-state index is -0.103. The van der Waals surface area contributed by atoms with Crippen LogP contribution < -0.4 is 4.74 Å². The topological polar surface area (TPSA) is 62.7 Å². The van der Waals surface area contributed by atoms with Crippen LogP contribution in [0.4, 0.5) is 0 Å². The van der Waals surface area contributed by atoms with Gasteiger partial charge < -0.3 is 14.7 Å². The first-order chi connectivity index (χ1) is 13.2. The van der Waals surface area contributed by atoms with Crippen molar-refractivity contribution in [3.8, 4) is 17.0 Å². The van der Waals surface area contributed by atoms with E-state index in [1.54, 1.807) is 12.0 Å². The molecule has 1 saturated heterocycles. The van der Waals surface area contributed by atoms with Crippen LogP contribution in [0, 0.1) is 0 Å². The number of carbonyl (C=O) groups is 1. The first-order valence-corrected chi connectivity index (χ1v) is 9.17. The molecule has 0 spiro atoms. The van der Waals surface area contributed by atoms with Gasteiger partial charge in [-0.15, -0.1) is 0 Å². The number of aromatic nitrogens is 1. The summed E-state index contributed by atoms with van der Waals surface area (Å²) in [5, 5.41) is 10.4. The first kappa shape index (κ1) is 17.5. The fraction of sp³-hybridized carbons (Fsp3) is 0.273. The number of likely N-dealkylation sites (tertiary alicyclic amines) is 1. The summed E-state index contributed by atoms with van der Waals surface area (Å²) in [6, 6.07) is 17.1. The smallest absolute Gasteiger partial charge is 0.254 e. The molecule has 0 unspecified atom stereocenters. The minimum Gasteiger partial charge on any atom is -0.497 e. The van der Waals surface area contributed by atoms with Gasteiger partial charge >= 0.3 is 0 Å². The van der Waals surface area contributed by atoms with E-state index in [0.717, 1.165) is 40.8 Å². The normalized spacial score (nSPS) is 16.7. The Morgan fingerprint density at radius 1 is 1.22 bits per heavy atom. The van der Waals surface area contributed by atoms with E-state index in [1.807, 2.05) is 54.6 Å². The largest absolute Gasteiger partial charge is 0.497 e. The van der Waals surface area contributed by atoms with Gasteiger partial charge in [0, 0.05) is 17.5 Å². The lowest BCUT2D eigenvalue weighted by Gasteiger charge is -2.24. The van der Waals surface area contributed by atoms with Crippen LogP contribution in [0.2, 0.25) is 0 Å². The molecule has 3 aromatic rings. The van der Waals surface area contributed by atoms with Gasteiger partial charge in [0.2, 0.25) is 0 Å². The Kier molecular flexibility index (Phi) is 4.77. The van der Waals surface area contributed by atoms with Crippen molar-refractivity contribution in [3.63, 3.8) is 0 Å². The fourth-order valence-corrected chi connectivity index (χ4v) is 3.71. The summed E-state index contributed by atoms with van der Waals surface area (Å²) in [7, 11) is 1.63. The van der Waals surface area contributed by atoms with Gasteiger partial charge in [0.25, 0.3) is 5.91 Å². The van der Waals surface area contributed by atoms with Crippen molar-refractivity contribution >= 4 is 16.8 Å². The summed E-state index contributed by atoms with van der Waals surface area (Å²) >= 11 is 0. The van der Waals surface area contributed by atoms with Gasteiger partial charge in [0.05, 0.1) is 36.5 Å². The Morgan fingerprint density at radius 3 is 2.74 bits per heavy atom. The third-order valence-electron chi connectivity index (χ3n) is 5.18. The number of carbonyl (C=O) groups excluding carboxylic acids is 1. The van der Waals surface area contributed by atoms with E-state index < -0.39 is 0 Å². The van der Waals surface area contributed by atoms with Gasteiger partial charge in [0.15, 0.2) is 0 Å². The highest BCUT2D eigenvalue weighted by atomic mass is 16.5. The molecule has 0 saturated carbocycles. The molecule has 5 nitrogen and oxygen atoms in total. The summed E-state index contributed by atoms with van der Waals surface area (Å²) in [5.41, 5.74) is 3.09. The standard InChI is InChI=1S/C22H22N2O3/c1-27-17-10-8-15(9-11-17)21-13-19(18-6-2-3-7-20(18)23-21)22(26)24-12-4-5-16(24)14-25/h2-3,6-11,13,16,25H,4-5,12,14H2,1H3/t16-/m1/s1. The lowest BCUT2D eigenvalue weighted by Crippen LogP contribution is -2.37. The van der Waals surface area contributed by atoms with E-state index in [0.29, 0.717) is 12.1 Å². The monoisotopic (exact) mass is 362 g/mol. The zero-order chi connectivity index (χ0) is 18.8. The first-order valence-electron chi connectivity index (χ1n) is 9.17. The Morgan fingerprint density at radius 2 is 2.00 bits per heavy atom. The van der Waals surface area contributed by atoms with Crippen molar-refractivity contribution in [1.82, 2.24) is 9.88 Å². The summed E-state index contributed by atoms with van der Waals surface area (Å²) < 4.78 is 5.22. The van der Waals surface area contributed by atoms with E-state index in [2.05, 4.69) is 0 Å². The number of hydrogen-bond acceptors (Lipinski definition) is 4. The molecule has 1 fully saturated rings. The molecular formula is C22H22N2O3. The van der Waals surface area contributed by atoms with Crippen molar-refractivity contribution < 1.29 is 14.6 Å². The quantitative estimate of drug-likeness (QED) is 0.771. The second-order valence-corrected chi connectivity index (χ2v) is 6.78. The van der Waals surface area contributed by atoms with Crippen molar-refractivity contribution in [2.45, 2.75) is 18.9 Å². The highest BCUT2D eigenvalue weighted by molar-refractivity contribution is 6.07. The maximum absolute atomic E-state index is 13.3. The van der Waals surface area contributed by atoms with Gasteiger partial charge in [-0.2, -0.15) is 0 Å². The molecule has 1 amide bonds. The SMILES string of the molecule is COc1ccc(-c2cc(C(=O)N3CCC[C@@H]3CO)c3ccccc3n2)cc1. The molecule has 2 aromatic carbocycles. The predicted octanol–water partition coefficient (Wildman–Crippen LogP) is 3.51. The van der Waals surface area contributed by atoms with Crippen molar-refractivity contribution in [1.29, 1.82) is 0 Å². The van der Waals surface area contributed by atoms with Crippen LogP contribution in [-0.2, 0) is 0 Å². The molecule has 0 radical (unpaired) electrons. The average molecular weight is 362 g/mol. The molecule has 1 aromatic heterocycles. The molecule has 1 aliphatic rings. The number of aliphatic hydroxyl groups excluding tert-OH is 1. The van der Waals surface area contributed by atoms with Gasteiger partial charge in [0.1, 0.15) is 5.75 Å². The second kappa shape index (κ2) is 7.37. The molecule has 27 heavy (non-hydrogen) atoms. The lowest BCUT2D eigenvalue weighted by atomic mass is 10.0. The van der Waals surface area contributed by atoms with E-state index in [9.17, 15) is 9.90 Å². The van der Waals surface area contributed by atoms with E-state index in [4.69, 9.17) is 9.72 Å². The second-order valence-electron chi connectivity index (χ2n) is 6.78. The molecular weight excluding hydrogens is 340 g/mol. The van der Waals surface area contributed by atoms with E-state index in [-0.39, 0.29) is 18.6 Å². The van der Waals surface area contributed by atoms with Crippen LogP contribution in [0.5, 0.6) is 5.75 Å². The Balaban J connectivity index is 1.82. The molecule has 0 bridgehead atoms. The van der Waals surface area contributed by atoms with Gasteiger partial charge in [-0.25, -0.2) is 4.98 Å². The highest BCUT2D eigenvalue weighted by Gasteiger charge is 2.30. The third-order valence-corrected chi connectivity index (χ3v) is 5.18. The van der Waals surface area contributed by atoms with Gasteiger partial charge in [-0.1, -0.05) is 18.2 Å². The molecule has 1 aliphatic heterocycles. The molecule has 2 heterocycles. The van der Waals surface area contributed by atoms with Crippen molar-refractivity contribution in [2.24, 2.45) is 0 Å². The Labute approximate surface area is 158 Å². The number of ether oxygens (including phenoxy) is 1. The summed E-state index contributed by atoms with van der Waals surface area (Å²) in [4.78, 5) is 19.8. The van der Waals surface area contributed by atoms with E-state index >= 15 is 0 Å². The maximum atomic E-state index is 13.3. The zero-order valence-corrected chi connectivity index (χ0v) is 15.3. The Hall–Kier alpha value is -2.92. The zero-order valence-electron chi connectivity index (χ0n) is 15.3. The van der Waals surface area contributed by atoms with Crippen LogP contribution in [0.1, 0.15) is 23.2 Å². The molecule has 0 aliphatic carbocycles. The number of nitrogens with zero attached hydrogens (tertiary/aromatic N) is 2. The van der Waals surface area contributed by atoms with Crippen molar-refractivity contribution in [2.75, 3.05) is 20.3 Å².